The number of carbonyl (C=O) groups is 3. The van der Waals surface area contributed by atoms with Crippen molar-refractivity contribution < 1.29 is 42.1 Å². The van der Waals surface area contributed by atoms with E-state index in [0.717, 1.165) is 16.5 Å². The van der Waals surface area contributed by atoms with Crippen LogP contribution in [0.4, 0.5) is 0 Å². The predicted molar refractivity (Wildman–Crippen MR) is 161 cm³/mol. The number of nitrogens with zero attached hydrogens (tertiary/aromatic N) is 1. The van der Waals surface area contributed by atoms with Gasteiger partial charge in [0, 0.05) is 30.5 Å². The number of carbonyl (C=O) groups excluding carboxylic acids is 3. The molecule has 2 saturated carbocycles. The minimum Gasteiger partial charge on any atom is -0.497 e. The lowest BCUT2D eigenvalue weighted by Crippen LogP contribution is -2.55. The maximum atomic E-state index is 13.0. The van der Waals surface area contributed by atoms with Crippen molar-refractivity contribution in [3.63, 3.8) is 0 Å². The molecule has 3 aliphatic rings. The molecule has 1 aliphatic heterocycles. The van der Waals surface area contributed by atoms with Gasteiger partial charge in [-0.25, -0.2) is 18.2 Å². The van der Waals surface area contributed by atoms with Gasteiger partial charge in [-0.2, -0.15) is 0 Å². The molecule has 0 bridgehead atoms. The lowest BCUT2D eigenvalue weighted by Gasteiger charge is -2.21. The first-order valence-corrected chi connectivity index (χ1v) is 15.9. The summed E-state index contributed by atoms with van der Waals surface area (Å²) in [5.74, 6) is -0.796. The van der Waals surface area contributed by atoms with Crippen LogP contribution < -0.4 is 24.8 Å². The molecule has 1 aromatic carbocycles. The zero-order valence-corrected chi connectivity index (χ0v) is 26.1. The number of rotatable bonds is 10. The number of amides is 2. The molecule has 14 heteroatoms. The molecule has 3 fully saturated rings. The summed E-state index contributed by atoms with van der Waals surface area (Å²) in [6, 6.07) is 6.88. The zero-order chi connectivity index (χ0) is 32.3. The molecule has 1 aromatic heterocycles. The highest BCUT2D eigenvalue weighted by atomic mass is 32.2. The summed E-state index contributed by atoms with van der Waals surface area (Å²) >= 11 is 0. The molecule has 4 atom stereocenters. The van der Waals surface area contributed by atoms with E-state index in [2.05, 4.69) is 26.9 Å². The van der Waals surface area contributed by atoms with Crippen LogP contribution in [0.3, 0.4) is 0 Å². The molecule has 240 valence electrons. The van der Waals surface area contributed by atoms with Crippen LogP contribution in [0, 0.1) is 5.92 Å². The van der Waals surface area contributed by atoms with E-state index >= 15 is 0 Å². The van der Waals surface area contributed by atoms with Crippen LogP contribution in [-0.2, 0) is 29.1 Å². The van der Waals surface area contributed by atoms with Crippen molar-refractivity contribution in [2.75, 3.05) is 20.3 Å². The minimum atomic E-state index is -3.72. The maximum absolute atomic E-state index is 13.0. The third-order valence-electron chi connectivity index (χ3n) is 7.42. The normalized spacial score (nSPS) is 24.3. The number of fused-ring (bicyclic) bond motifs is 1. The van der Waals surface area contributed by atoms with Crippen LogP contribution in [0.2, 0.25) is 0 Å². The number of hydrogen-bond acceptors (Lipinski definition) is 11. The molecule has 0 radical (unpaired) electrons. The van der Waals surface area contributed by atoms with Crippen LogP contribution in [0.1, 0.15) is 46.5 Å². The van der Waals surface area contributed by atoms with Gasteiger partial charge in [0.15, 0.2) is 0 Å². The van der Waals surface area contributed by atoms with Gasteiger partial charge in [-0.15, -0.1) is 6.58 Å². The van der Waals surface area contributed by atoms with Gasteiger partial charge in [-0.1, -0.05) is 6.08 Å². The Morgan fingerprint density at radius 3 is 2.52 bits per heavy atom. The molecule has 4 N–H and O–H groups in total. The molecule has 1 saturated heterocycles. The molecule has 44 heavy (non-hydrogen) atoms. The Balaban J connectivity index is 0.000000429. The highest BCUT2D eigenvalue weighted by Gasteiger charge is 2.61. The second kappa shape index (κ2) is 13.1. The Morgan fingerprint density at radius 1 is 1.23 bits per heavy atom. The summed E-state index contributed by atoms with van der Waals surface area (Å²) in [7, 11) is -2.11. The summed E-state index contributed by atoms with van der Waals surface area (Å²) in [5.41, 5.74) is -1.78. The van der Waals surface area contributed by atoms with E-state index < -0.39 is 50.9 Å². The Kier molecular flexibility index (Phi) is 9.86. The van der Waals surface area contributed by atoms with Gasteiger partial charge in [-0.05, 0) is 69.7 Å². The molecular weight excluding hydrogens is 592 g/mol. The third kappa shape index (κ3) is 8.04. The van der Waals surface area contributed by atoms with E-state index in [1.165, 1.54) is 0 Å². The first-order chi connectivity index (χ1) is 20.7. The Hall–Kier alpha value is -3.75. The summed E-state index contributed by atoms with van der Waals surface area (Å²) in [6.45, 7) is 8.84. The molecule has 2 aliphatic carbocycles. The quantitative estimate of drug-likeness (QED) is 0.219. The first-order valence-electron chi connectivity index (χ1n) is 14.4. The monoisotopic (exact) mass is 632 g/mol. The second-order valence-electron chi connectivity index (χ2n) is 12.1. The number of benzene rings is 1. The van der Waals surface area contributed by atoms with Crippen molar-refractivity contribution in [2.45, 2.75) is 75.0 Å². The number of methoxy groups -OCH3 is 1. The van der Waals surface area contributed by atoms with Crippen LogP contribution in [0.25, 0.3) is 10.8 Å². The molecule has 13 nitrogen and oxygen atoms in total. The van der Waals surface area contributed by atoms with Gasteiger partial charge in [0.25, 0.3) is 5.91 Å². The molecule has 2 amide bonds. The average Bonchev–Trinajstić information content (AvgIpc) is 3.89. The number of aliphatic hydroxyl groups excluding tert-OH is 1. The summed E-state index contributed by atoms with van der Waals surface area (Å²) in [4.78, 5) is 40.6. The number of nitrogens with one attached hydrogen (secondary N) is 3. The van der Waals surface area contributed by atoms with Crippen molar-refractivity contribution in [3.05, 3.63) is 43.1 Å². The standard InChI is InChI=1S/C24H28N4O6S.C6H12O3/c1-3-15-12-24(15,23(30)28-35(31,32)18-5-6-18)27-21(29)20-11-17(13-26-20)34-22-19-7-4-16(33-2)10-14(19)8-9-25-22;1-6(2,3)9-5(8)4-7/h3-4,7-10,15,17-18,20,26H,1,5-6,11-13H2,2H3,(H,27,29)(H,28,30);7H,4H2,1-3H3/t15-,17?,20+,24-;/m1./s1. The number of hydrogen-bond donors (Lipinski definition) is 4. The van der Waals surface area contributed by atoms with Crippen molar-refractivity contribution in [2.24, 2.45) is 5.92 Å². The molecule has 0 spiro atoms. The number of ether oxygens (including phenoxy) is 3. The van der Waals surface area contributed by atoms with Crippen molar-refractivity contribution in [1.29, 1.82) is 0 Å². The lowest BCUT2D eigenvalue weighted by molar-refractivity contribution is -0.158. The Labute approximate surface area is 256 Å². The zero-order valence-electron chi connectivity index (χ0n) is 25.3. The van der Waals surface area contributed by atoms with Crippen molar-refractivity contribution >= 4 is 38.6 Å². The summed E-state index contributed by atoms with van der Waals surface area (Å²) in [6.07, 6.45) is 4.68. The Bertz CT molecular complexity index is 1520. The van der Waals surface area contributed by atoms with E-state index in [1.807, 2.05) is 24.3 Å². The van der Waals surface area contributed by atoms with E-state index in [1.54, 1.807) is 40.2 Å². The van der Waals surface area contributed by atoms with Gasteiger partial charge in [0.05, 0.1) is 18.4 Å². The number of pyridine rings is 1. The van der Waals surface area contributed by atoms with Gasteiger partial charge in [0.1, 0.15) is 29.6 Å². The van der Waals surface area contributed by atoms with E-state index in [4.69, 9.17) is 19.3 Å². The second-order valence-corrected chi connectivity index (χ2v) is 14.0. The maximum Gasteiger partial charge on any atom is 0.332 e. The first kappa shape index (κ1) is 33.1. The molecule has 2 aromatic rings. The summed E-state index contributed by atoms with van der Waals surface area (Å²) < 4.78 is 42.7. The highest BCUT2D eigenvalue weighted by molar-refractivity contribution is 7.91. The van der Waals surface area contributed by atoms with Crippen molar-refractivity contribution in [3.8, 4) is 11.6 Å². The topological polar surface area (TPSA) is 182 Å². The fourth-order valence-electron chi connectivity index (χ4n) is 4.90. The highest BCUT2D eigenvalue weighted by Crippen LogP contribution is 2.45. The lowest BCUT2D eigenvalue weighted by atomic mass is 10.1. The fraction of sp³-hybridized carbons (Fsp3) is 0.533. The smallest absolute Gasteiger partial charge is 0.332 e. The van der Waals surface area contributed by atoms with Crippen molar-refractivity contribution in [1.82, 2.24) is 20.3 Å². The van der Waals surface area contributed by atoms with Gasteiger partial charge in [0.2, 0.25) is 21.8 Å². The van der Waals surface area contributed by atoms with Crippen LogP contribution in [0.5, 0.6) is 11.6 Å². The van der Waals surface area contributed by atoms with Gasteiger partial charge in [-0.3, -0.25) is 14.3 Å². The average molecular weight is 633 g/mol. The van der Waals surface area contributed by atoms with Gasteiger partial charge < -0.3 is 30.0 Å². The number of aliphatic hydroxyl groups is 1. The molecule has 2 heterocycles. The molecule has 5 rings (SSSR count). The number of sulfonamides is 1. The minimum absolute atomic E-state index is 0.305. The van der Waals surface area contributed by atoms with Gasteiger partial charge >= 0.3 is 5.97 Å². The SMILES string of the molecule is C=C[C@@H]1C[C@]1(NC(=O)[C@@H]1CC(Oc2nccc3cc(OC)ccc23)CN1)C(=O)NS(=O)(=O)C1CC1.CC(C)(C)OC(=O)CO. The van der Waals surface area contributed by atoms with E-state index in [0.29, 0.717) is 38.1 Å². The number of aromatic nitrogens is 1. The predicted octanol–water partition coefficient (Wildman–Crippen LogP) is 1.34. The van der Waals surface area contributed by atoms with Crippen LogP contribution >= 0.6 is 0 Å². The largest absolute Gasteiger partial charge is 0.497 e. The number of esters is 1. The molecule has 1 unspecified atom stereocenters. The fourth-order valence-corrected chi connectivity index (χ4v) is 6.26. The van der Waals surface area contributed by atoms with Crippen LogP contribution in [0.15, 0.2) is 43.1 Å². The van der Waals surface area contributed by atoms with E-state index in [9.17, 15) is 22.8 Å². The van der Waals surface area contributed by atoms with Crippen LogP contribution in [-0.4, -0.2) is 85.1 Å². The molecular formula is C30H40N4O9S. The Morgan fingerprint density at radius 2 is 1.95 bits per heavy atom. The van der Waals surface area contributed by atoms with E-state index in [-0.39, 0.29) is 17.9 Å². The third-order valence-corrected chi connectivity index (χ3v) is 9.24. The summed E-state index contributed by atoms with van der Waals surface area (Å²) in [5, 5.41) is 15.4.